The second kappa shape index (κ2) is 8.76. The number of aliphatic hydroxyl groups is 1. The SMILES string of the molecule is CC(C)(C)CCC1(C)CN(C2CCC2)C(=O)C(C2=NS(=O)(=O)c3cc(NS(C)(=O)=O)ccc3N2)=C1O. The summed E-state index contributed by atoms with van der Waals surface area (Å²) in [4.78, 5) is 15.1. The molecule has 1 unspecified atom stereocenters. The Kier molecular flexibility index (Phi) is 6.44. The van der Waals surface area contributed by atoms with E-state index in [-0.39, 0.29) is 44.9 Å². The summed E-state index contributed by atoms with van der Waals surface area (Å²) in [5, 5.41) is 14.3. The first-order chi connectivity index (χ1) is 16.5. The van der Waals surface area contributed by atoms with Crippen molar-refractivity contribution in [3.8, 4) is 0 Å². The number of amidine groups is 1. The van der Waals surface area contributed by atoms with Crippen molar-refractivity contribution in [1.82, 2.24) is 4.90 Å². The first kappa shape index (κ1) is 26.5. The van der Waals surface area contributed by atoms with E-state index in [1.165, 1.54) is 18.2 Å². The van der Waals surface area contributed by atoms with Gasteiger partial charge in [0.1, 0.15) is 16.2 Å². The highest BCUT2D eigenvalue weighted by Gasteiger charge is 2.48. The maximum absolute atomic E-state index is 13.6. The molecule has 3 aliphatic rings. The lowest BCUT2D eigenvalue weighted by atomic mass is 9.73. The molecular weight excluding hydrogens is 504 g/mol. The Balaban J connectivity index is 1.78. The molecule has 4 rings (SSSR count). The Hall–Kier alpha value is -2.60. The minimum atomic E-state index is -4.29. The Morgan fingerprint density at radius 1 is 1.28 bits per heavy atom. The van der Waals surface area contributed by atoms with E-state index in [0.717, 1.165) is 31.9 Å². The first-order valence-corrected chi connectivity index (χ1v) is 15.3. The number of hydrogen-bond acceptors (Lipinski definition) is 7. The molecule has 0 spiro atoms. The molecular formula is C24H34N4O6S2. The van der Waals surface area contributed by atoms with Crippen LogP contribution in [-0.2, 0) is 24.8 Å². The van der Waals surface area contributed by atoms with Crippen molar-refractivity contribution < 1.29 is 26.7 Å². The second-order valence-electron chi connectivity index (χ2n) is 11.5. The molecule has 0 saturated heterocycles. The maximum atomic E-state index is 13.6. The zero-order valence-corrected chi connectivity index (χ0v) is 22.9. The highest BCUT2D eigenvalue weighted by molar-refractivity contribution is 7.92. The molecule has 2 aliphatic heterocycles. The lowest BCUT2D eigenvalue weighted by Crippen LogP contribution is -2.55. The molecule has 1 saturated carbocycles. The molecule has 1 aromatic rings. The zero-order valence-electron chi connectivity index (χ0n) is 21.3. The van der Waals surface area contributed by atoms with Crippen molar-refractivity contribution in [2.75, 3.05) is 22.8 Å². The van der Waals surface area contributed by atoms with Crippen molar-refractivity contribution in [3.63, 3.8) is 0 Å². The van der Waals surface area contributed by atoms with E-state index in [2.05, 4.69) is 35.2 Å². The lowest BCUT2D eigenvalue weighted by Gasteiger charge is -2.47. The molecule has 10 nitrogen and oxygen atoms in total. The van der Waals surface area contributed by atoms with Crippen LogP contribution in [-0.4, -0.2) is 57.4 Å². The summed E-state index contributed by atoms with van der Waals surface area (Å²) >= 11 is 0. The summed E-state index contributed by atoms with van der Waals surface area (Å²) in [7, 11) is -7.91. The largest absolute Gasteiger partial charge is 0.511 e. The van der Waals surface area contributed by atoms with Gasteiger partial charge in [0.05, 0.1) is 11.9 Å². The van der Waals surface area contributed by atoms with E-state index >= 15 is 0 Å². The fourth-order valence-corrected chi connectivity index (χ4v) is 6.37. The molecule has 198 valence electrons. The van der Waals surface area contributed by atoms with Crippen molar-refractivity contribution in [2.24, 2.45) is 15.2 Å². The van der Waals surface area contributed by atoms with E-state index in [1.807, 2.05) is 6.92 Å². The number of nitrogens with zero attached hydrogens (tertiary/aromatic N) is 2. The third kappa shape index (κ3) is 5.24. The highest BCUT2D eigenvalue weighted by atomic mass is 32.2. The number of aliphatic hydroxyl groups excluding tert-OH is 1. The van der Waals surface area contributed by atoms with Crippen molar-refractivity contribution >= 4 is 43.2 Å². The molecule has 0 aromatic heterocycles. The van der Waals surface area contributed by atoms with Gasteiger partial charge in [-0.05, 0) is 55.7 Å². The van der Waals surface area contributed by atoms with Gasteiger partial charge in [-0.3, -0.25) is 9.52 Å². The fourth-order valence-electron chi connectivity index (χ4n) is 4.67. The van der Waals surface area contributed by atoms with Crippen molar-refractivity contribution in [2.45, 2.75) is 70.7 Å². The van der Waals surface area contributed by atoms with Gasteiger partial charge in [0.25, 0.3) is 15.9 Å². The van der Waals surface area contributed by atoms with Crippen molar-refractivity contribution in [3.05, 3.63) is 29.5 Å². The summed E-state index contributed by atoms with van der Waals surface area (Å²) in [6, 6.07) is 4.04. The van der Waals surface area contributed by atoms with Crippen LogP contribution < -0.4 is 10.0 Å². The number of hydrogen-bond donors (Lipinski definition) is 3. The van der Waals surface area contributed by atoms with Crippen molar-refractivity contribution in [1.29, 1.82) is 0 Å². The number of nitrogens with one attached hydrogen (secondary N) is 2. The van der Waals surface area contributed by atoms with E-state index in [1.54, 1.807) is 4.90 Å². The Bertz CT molecular complexity index is 1370. The number of amides is 1. The standard InChI is InChI=1S/C24H34N4O6S2/c1-23(2,3)11-12-24(4)14-28(16-7-6-8-16)22(30)19(20(24)29)21-25-17-10-9-15(26-35(5,31)32)13-18(17)36(33,34)27-21/h9-10,13,16,26,29H,6-8,11-12,14H2,1-5H3,(H,25,27). The van der Waals surface area contributed by atoms with Gasteiger partial charge in [0.2, 0.25) is 10.0 Å². The number of fused-ring (bicyclic) bond motifs is 1. The lowest BCUT2D eigenvalue weighted by molar-refractivity contribution is -0.134. The maximum Gasteiger partial charge on any atom is 0.286 e. The number of benzene rings is 1. The van der Waals surface area contributed by atoms with Gasteiger partial charge in [-0.25, -0.2) is 8.42 Å². The third-order valence-corrected chi connectivity index (χ3v) is 8.93. The number of carbonyl (C=O) groups is 1. The van der Waals surface area contributed by atoms with Crippen LogP contribution in [0.4, 0.5) is 11.4 Å². The molecule has 1 aliphatic carbocycles. The molecule has 12 heteroatoms. The molecule has 1 amide bonds. The minimum absolute atomic E-state index is 0.00675. The van der Waals surface area contributed by atoms with Gasteiger partial charge < -0.3 is 15.3 Å². The van der Waals surface area contributed by atoms with Crippen LogP contribution in [0.2, 0.25) is 0 Å². The number of rotatable bonds is 6. The Morgan fingerprint density at radius 3 is 2.50 bits per heavy atom. The second-order valence-corrected chi connectivity index (χ2v) is 14.8. The van der Waals surface area contributed by atoms with Crippen LogP contribution in [0.25, 0.3) is 0 Å². The summed E-state index contributed by atoms with van der Waals surface area (Å²) in [5.41, 5.74) is -0.667. The molecule has 0 radical (unpaired) electrons. The van der Waals surface area contributed by atoms with E-state index in [9.17, 15) is 26.7 Å². The summed E-state index contributed by atoms with van der Waals surface area (Å²) in [6.07, 6.45) is 5.12. The number of carbonyl (C=O) groups excluding carboxylic acids is 1. The third-order valence-electron chi connectivity index (χ3n) is 7.01. The van der Waals surface area contributed by atoms with Crippen LogP contribution in [0.1, 0.15) is 59.8 Å². The van der Waals surface area contributed by atoms with Crippen LogP contribution in [0.15, 0.2) is 38.8 Å². The topological polar surface area (TPSA) is 145 Å². The normalized spacial score (nSPS) is 24.5. The molecule has 1 aromatic carbocycles. The summed E-state index contributed by atoms with van der Waals surface area (Å²) in [5.74, 6) is -0.821. The Labute approximate surface area is 213 Å². The van der Waals surface area contributed by atoms with Crippen LogP contribution in [0.3, 0.4) is 0 Å². The highest BCUT2D eigenvalue weighted by Crippen LogP contribution is 2.44. The quantitative estimate of drug-likeness (QED) is 0.502. The van der Waals surface area contributed by atoms with Gasteiger partial charge >= 0.3 is 0 Å². The summed E-state index contributed by atoms with van der Waals surface area (Å²) in [6.45, 7) is 8.59. The predicted molar refractivity (Wildman–Crippen MR) is 139 cm³/mol. The average molecular weight is 539 g/mol. The molecule has 1 fully saturated rings. The molecule has 0 bridgehead atoms. The van der Waals surface area contributed by atoms with Crippen LogP contribution >= 0.6 is 0 Å². The monoisotopic (exact) mass is 538 g/mol. The predicted octanol–water partition coefficient (Wildman–Crippen LogP) is 3.61. The molecule has 36 heavy (non-hydrogen) atoms. The van der Waals surface area contributed by atoms with Crippen LogP contribution in [0, 0.1) is 10.8 Å². The summed E-state index contributed by atoms with van der Waals surface area (Å²) < 4.78 is 55.5. The Morgan fingerprint density at radius 2 is 1.94 bits per heavy atom. The van der Waals surface area contributed by atoms with Crippen LogP contribution in [0.5, 0.6) is 0 Å². The smallest absolute Gasteiger partial charge is 0.286 e. The molecule has 2 heterocycles. The van der Waals surface area contributed by atoms with E-state index < -0.39 is 31.4 Å². The van der Waals surface area contributed by atoms with Gasteiger partial charge in [-0.2, -0.15) is 8.42 Å². The van der Waals surface area contributed by atoms with E-state index in [0.29, 0.717) is 13.0 Å². The minimum Gasteiger partial charge on any atom is -0.511 e. The van der Waals surface area contributed by atoms with Gasteiger partial charge in [0.15, 0.2) is 5.84 Å². The van der Waals surface area contributed by atoms with E-state index in [4.69, 9.17) is 0 Å². The van der Waals surface area contributed by atoms with Gasteiger partial charge in [0, 0.05) is 23.7 Å². The number of sulfonamides is 2. The molecule has 1 atom stereocenters. The van der Waals surface area contributed by atoms with Gasteiger partial charge in [-0.1, -0.05) is 27.7 Å². The number of anilines is 2. The molecule has 3 N–H and O–H groups in total. The zero-order chi connectivity index (χ0) is 26.7. The fraction of sp³-hybridized carbons (Fsp3) is 0.583. The first-order valence-electron chi connectivity index (χ1n) is 12.0. The van der Waals surface area contributed by atoms with Gasteiger partial charge in [-0.15, -0.1) is 4.40 Å². The average Bonchev–Trinajstić information content (AvgIpc) is 2.68.